The summed E-state index contributed by atoms with van der Waals surface area (Å²) in [5.74, 6) is 1.55. The number of methoxy groups -OCH3 is 1. The molecule has 0 aromatic heterocycles. The Hall–Kier alpha value is -1.42. The average molecular weight is 280 g/mol. The quantitative estimate of drug-likeness (QED) is 0.792. The summed E-state index contributed by atoms with van der Waals surface area (Å²) in [4.78, 5) is 2.41. The van der Waals surface area contributed by atoms with Crippen LogP contribution in [0.15, 0.2) is 18.2 Å². The molecule has 20 heavy (non-hydrogen) atoms. The average Bonchev–Trinajstić information content (AvgIpc) is 2.42. The zero-order valence-corrected chi connectivity index (χ0v) is 13.6. The van der Waals surface area contributed by atoms with Crippen molar-refractivity contribution < 1.29 is 9.47 Å². The second kappa shape index (κ2) is 8.00. The minimum atomic E-state index is 0.521. The van der Waals surface area contributed by atoms with Gasteiger partial charge >= 0.3 is 0 Å². The molecule has 0 saturated carbocycles. The van der Waals surface area contributed by atoms with Crippen molar-refractivity contribution in [1.82, 2.24) is 4.90 Å². The number of benzene rings is 1. The van der Waals surface area contributed by atoms with Crippen molar-refractivity contribution in [1.29, 1.82) is 0 Å². The number of rotatable bonds is 8. The third-order valence-corrected chi connectivity index (χ3v) is 3.39. The molecule has 0 aliphatic heterocycles. The van der Waals surface area contributed by atoms with Gasteiger partial charge in [-0.1, -0.05) is 0 Å². The summed E-state index contributed by atoms with van der Waals surface area (Å²) in [5.41, 5.74) is 1.01. The molecule has 0 amide bonds. The third-order valence-electron chi connectivity index (χ3n) is 3.39. The molecule has 0 atom stereocenters. The molecule has 0 bridgehead atoms. The first-order valence-electron chi connectivity index (χ1n) is 7.24. The number of nitrogens with one attached hydrogen (secondary N) is 1. The predicted molar refractivity (Wildman–Crippen MR) is 85.0 cm³/mol. The maximum Gasteiger partial charge on any atom is 0.162 e. The second-order valence-electron chi connectivity index (χ2n) is 5.39. The summed E-state index contributed by atoms with van der Waals surface area (Å²) in [6.07, 6.45) is 0. The van der Waals surface area contributed by atoms with Gasteiger partial charge in [0.15, 0.2) is 11.5 Å². The van der Waals surface area contributed by atoms with E-state index in [0.29, 0.717) is 18.7 Å². The number of ether oxygens (including phenoxy) is 2. The zero-order chi connectivity index (χ0) is 15.1. The highest BCUT2D eigenvalue weighted by molar-refractivity contribution is 5.54. The molecule has 1 rings (SSSR count). The summed E-state index contributed by atoms with van der Waals surface area (Å²) >= 11 is 0. The normalized spacial score (nSPS) is 11.2. The van der Waals surface area contributed by atoms with Gasteiger partial charge in [0.2, 0.25) is 0 Å². The molecule has 114 valence electrons. The summed E-state index contributed by atoms with van der Waals surface area (Å²) < 4.78 is 11.2. The van der Waals surface area contributed by atoms with Crippen LogP contribution in [-0.4, -0.2) is 44.3 Å². The van der Waals surface area contributed by atoms with Crippen LogP contribution in [0.5, 0.6) is 11.5 Å². The van der Waals surface area contributed by atoms with Crippen LogP contribution in [0.1, 0.15) is 27.7 Å². The predicted octanol–water partition coefficient (Wildman–Crippen LogP) is 3.23. The summed E-state index contributed by atoms with van der Waals surface area (Å²) in [5, 5.41) is 3.09. The first-order valence-corrected chi connectivity index (χ1v) is 7.24. The van der Waals surface area contributed by atoms with E-state index in [1.807, 2.05) is 25.2 Å². The topological polar surface area (TPSA) is 33.7 Å². The van der Waals surface area contributed by atoms with Gasteiger partial charge in [-0.05, 0) is 39.8 Å². The molecule has 0 radical (unpaired) electrons. The fraction of sp³-hybridized carbons (Fsp3) is 0.625. The monoisotopic (exact) mass is 280 g/mol. The molecule has 0 spiro atoms. The Morgan fingerprint density at radius 1 is 1.10 bits per heavy atom. The Balaban J connectivity index is 2.61. The van der Waals surface area contributed by atoms with Gasteiger partial charge < -0.3 is 14.8 Å². The highest BCUT2D eigenvalue weighted by Crippen LogP contribution is 2.29. The zero-order valence-electron chi connectivity index (χ0n) is 13.6. The molecule has 0 heterocycles. The van der Waals surface area contributed by atoms with Gasteiger partial charge in [-0.15, -0.1) is 0 Å². The lowest BCUT2D eigenvalue weighted by molar-refractivity contribution is 0.140. The summed E-state index contributed by atoms with van der Waals surface area (Å²) in [6, 6.07) is 6.91. The molecule has 0 saturated heterocycles. The van der Waals surface area contributed by atoms with E-state index in [4.69, 9.17) is 9.47 Å². The van der Waals surface area contributed by atoms with Crippen LogP contribution in [0.4, 0.5) is 5.69 Å². The van der Waals surface area contributed by atoms with Crippen molar-refractivity contribution in [2.24, 2.45) is 0 Å². The highest BCUT2D eigenvalue weighted by atomic mass is 16.5. The van der Waals surface area contributed by atoms with Crippen molar-refractivity contribution >= 4 is 5.69 Å². The van der Waals surface area contributed by atoms with Gasteiger partial charge in [-0.2, -0.15) is 0 Å². The molecule has 0 aliphatic rings. The van der Waals surface area contributed by atoms with Gasteiger partial charge in [-0.3, -0.25) is 4.90 Å². The Morgan fingerprint density at radius 2 is 1.75 bits per heavy atom. The fourth-order valence-corrected chi connectivity index (χ4v) is 2.32. The van der Waals surface area contributed by atoms with Crippen LogP contribution in [0.2, 0.25) is 0 Å². The first-order chi connectivity index (χ1) is 9.49. The molecule has 4 heteroatoms. The largest absolute Gasteiger partial charge is 0.493 e. The fourth-order valence-electron chi connectivity index (χ4n) is 2.32. The molecule has 1 aromatic rings. The number of anilines is 1. The van der Waals surface area contributed by atoms with Crippen LogP contribution < -0.4 is 14.8 Å². The van der Waals surface area contributed by atoms with Crippen LogP contribution in [0, 0.1) is 0 Å². The van der Waals surface area contributed by atoms with E-state index >= 15 is 0 Å². The van der Waals surface area contributed by atoms with Crippen molar-refractivity contribution in [2.45, 2.75) is 39.8 Å². The van der Waals surface area contributed by atoms with E-state index in [0.717, 1.165) is 23.7 Å². The van der Waals surface area contributed by atoms with E-state index in [1.165, 1.54) is 0 Å². The van der Waals surface area contributed by atoms with Crippen molar-refractivity contribution in [3.05, 3.63) is 18.2 Å². The van der Waals surface area contributed by atoms with Gasteiger partial charge in [0.1, 0.15) is 6.61 Å². The Labute approximate surface area is 123 Å². The molecule has 0 unspecified atom stereocenters. The highest BCUT2D eigenvalue weighted by Gasteiger charge is 2.13. The summed E-state index contributed by atoms with van der Waals surface area (Å²) in [6.45, 7) is 10.4. The van der Waals surface area contributed by atoms with Crippen molar-refractivity contribution in [3.8, 4) is 11.5 Å². The maximum atomic E-state index is 5.86. The Kier molecular flexibility index (Phi) is 6.65. The van der Waals surface area contributed by atoms with Gasteiger partial charge in [0, 0.05) is 37.4 Å². The SMILES string of the molecule is CNc1ccc(OCCN(C(C)C)C(C)C)c(OC)c1. The van der Waals surface area contributed by atoms with E-state index in [-0.39, 0.29) is 0 Å². The maximum absolute atomic E-state index is 5.86. The molecule has 4 nitrogen and oxygen atoms in total. The Bertz CT molecular complexity index is 397. The van der Waals surface area contributed by atoms with Crippen LogP contribution in [0.3, 0.4) is 0 Å². The molecule has 0 fully saturated rings. The summed E-state index contributed by atoms with van der Waals surface area (Å²) in [7, 11) is 3.55. The second-order valence-corrected chi connectivity index (χ2v) is 5.39. The van der Waals surface area contributed by atoms with Crippen molar-refractivity contribution in [3.63, 3.8) is 0 Å². The molecular formula is C16H28N2O2. The number of nitrogens with zero attached hydrogens (tertiary/aromatic N) is 1. The molecular weight excluding hydrogens is 252 g/mol. The van der Waals surface area contributed by atoms with Crippen LogP contribution >= 0.6 is 0 Å². The van der Waals surface area contributed by atoms with E-state index in [9.17, 15) is 0 Å². The lowest BCUT2D eigenvalue weighted by Crippen LogP contribution is -2.39. The van der Waals surface area contributed by atoms with Gasteiger partial charge in [-0.25, -0.2) is 0 Å². The molecule has 0 aliphatic carbocycles. The number of hydrogen-bond acceptors (Lipinski definition) is 4. The third kappa shape index (κ3) is 4.60. The Morgan fingerprint density at radius 3 is 2.25 bits per heavy atom. The van der Waals surface area contributed by atoms with E-state index < -0.39 is 0 Å². The van der Waals surface area contributed by atoms with Gasteiger partial charge in [0.05, 0.1) is 7.11 Å². The van der Waals surface area contributed by atoms with Crippen molar-refractivity contribution in [2.75, 3.05) is 32.6 Å². The number of hydrogen-bond donors (Lipinski definition) is 1. The molecule has 1 N–H and O–H groups in total. The van der Waals surface area contributed by atoms with E-state index in [1.54, 1.807) is 7.11 Å². The van der Waals surface area contributed by atoms with E-state index in [2.05, 4.69) is 37.9 Å². The van der Waals surface area contributed by atoms with Crippen LogP contribution in [0.25, 0.3) is 0 Å². The first kappa shape index (κ1) is 16.6. The van der Waals surface area contributed by atoms with Gasteiger partial charge in [0.25, 0.3) is 0 Å². The smallest absolute Gasteiger partial charge is 0.162 e. The lowest BCUT2D eigenvalue weighted by atomic mass is 10.2. The minimum Gasteiger partial charge on any atom is -0.493 e. The minimum absolute atomic E-state index is 0.521. The standard InChI is InChI=1S/C16H28N2O2/c1-12(2)18(13(3)4)9-10-20-15-8-7-14(17-5)11-16(15)19-6/h7-8,11-13,17H,9-10H2,1-6H3. The lowest BCUT2D eigenvalue weighted by Gasteiger charge is -2.30. The van der Waals surface area contributed by atoms with Crippen LogP contribution in [-0.2, 0) is 0 Å². The molecule has 1 aromatic carbocycles.